The topological polar surface area (TPSA) is 46.3 Å². The molecule has 0 bridgehead atoms. The molecule has 0 spiro atoms. The van der Waals surface area contributed by atoms with Crippen LogP contribution in [0.4, 0.5) is 5.69 Å². The summed E-state index contributed by atoms with van der Waals surface area (Å²) in [7, 11) is 0. The summed E-state index contributed by atoms with van der Waals surface area (Å²) in [5.41, 5.74) is 7.11. The maximum absolute atomic E-state index is 12.5. The Morgan fingerprint density at radius 3 is 2.70 bits per heavy atom. The number of benzene rings is 1. The maximum atomic E-state index is 12.5. The first-order valence-corrected chi connectivity index (χ1v) is 7.22. The fourth-order valence-electron chi connectivity index (χ4n) is 2.85. The van der Waals surface area contributed by atoms with Gasteiger partial charge in [0.2, 0.25) is 0 Å². The van der Waals surface area contributed by atoms with Gasteiger partial charge < -0.3 is 10.6 Å². The van der Waals surface area contributed by atoms with Gasteiger partial charge in [0.1, 0.15) is 0 Å². The summed E-state index contributed by atoms with van der Waals surface area (Å²) in [6, 6.07) is 7.28. The van der Waals surface area contributed by atoms with Crippen LogP contribution in [0.5, 0.6) is 0 Å². The summed E-state index contributed by atoms with van der Waals surface area (Å²) in [5, 5.41) is 0. The maximum Gasteiger partial charge on any atom is 0.253 e. The van der Waals surface area contributed by atoms with E-state index in [1.165, 1.54) is 6.42 Å². The molecule has 1 saturated heterocycles. The Morgan fingerprint density at radius 1 is 1.30 bits per heavy atom. The predicted molar refractivity (Wildman–Crippen MR) is 86.2 cm³/mol. The smallest absolute Gasteiger partial charge is 0.253 e. The molecule has 4 heteroatoms. The molecule has 20 heavy (non-hydrogen) atoms. The number of nitrogens with two attached hydrogens (primary N) is 1. The molecule has 2 rings (SSSR count). The van der Waals surface area contributed by atoms with Crippen LogP contribution < -0.4 is 5.73 Å². The number of hydrogen-bond acceptors (Lipinski definition) is 2. The van der Waals surface area contributed by atoms with Gasteiger partial charge in [-0.25, -0.2) is 0 Å². The molecule has 3 nitrogen and oxygen atoms in total. The van der Waals surface area contributed by atoms with E-state index in [2.05, 4.69) is 13.8 Å². The monoisotopic (exact) mass is 296 g/mol. The SMILES string of the molecule is CC(C)C1CCCN(C(=O)c2cccc(N)c2)CC1.Cl. The zero-order chi connectivity index (χ0) is 13.8. The Labute approximate surface area is 127 Å². The lowest BCUT2D eigenvalue weighted by Crippen LogP contribution is -2.32. The van der Waals surface area contributed by atoms with Crippen LogP contribution in [-0.2, 0) is 0 Å². The van der Waals surface area contributed by atoms with E-state index in [4.69, 9.17) is 5.73 Å². The van der Waals surface area contributed by atoms with Crippen LogP contribution in [-0.4, -0.2) is 23.9 Å². The van der Waals surface area contributed by atoms with E-state index in [9.17, 15) is 4.79 Å². The van der Waals surface area contributed by atoms with Crippen molar-refractivity contribution < 1.29 is 4.79 Å². The highest BCUT2D eigenvalue weighted by molar-refractivity contribution is 5.95. The van der Waals surface area contributed by atoms with Crippen LogP contribution in [0.1, 0.15) is 43.5 Å². The fraction of sp³-hybridized carbons (Fsp3) is 0.562. The van der Waals surface area contributed by atoms with Gasteiger partial charge in [0.25, 0.3) is 5.91 Å². The number of amides is 1. The number of hydrogen-bond donors (Lipinski definition) is 1. The molecule has 2 N–H and O–H groups in total. The lowest BCUT2D eigenvalue weighted by atomic mass is 9.89. The lowest BCUT2D eigenvalue weighted by molar-refractivity contribution is 0.0759. The molecule has 1 heterocycles. The van der Waals surface area contributed by atoms with E-state index in [-0.39, 0.29) is 18.3 Å². The van der Waals surface area contributed by atoms with E-state index in [0.717, 1.165) is 31.8 Å². The molecule has 0 aliphatic carbocycles. The van der Waals surface area contributed by atoms with Crippen LogP contribution in [0.15, 0.2) is 24.3 Å². The van der Waals surface area contributed by atoms with Gasteiger partial charge in [-0.2, -0.15) is 0 Å². The molecule has 1 amide bonds. The quantitative estimate of drug-likeness (QED) is 0.848. The van der Waals surface area contributed by atoms with Crippen LogP contribution in [0, 0.1) is 11.8 Å². The summed E-state index contributed by atoms with van der Waals surface area (Å²) in [4.78, 5) is 14.4. The van der Waals surface area contributed by atoms with Gasteiger partial charge in [-0.1, -0.05) is 19.9 Å². The van der Waals surface area contributed by atoms with Crippen molar-refractivity contribution in [3.05, 3.63) is 29.8 Å². The van der Waals surface area contributed by atoms with E-state index < -0.39 is 0 Å². The normalized spacial score (nSPS) is 19.4. The van der Waals surface area contributed by atoms with Gasteiger partial charge >= 0.3 is 0 Å². The standard InChI is InChI=1S/C16H24N2O.ClH/c1-12(2)13-6-4-9-18(10-8-13)16(19)14-5-3-7-15(17)11-14;/h3,5,7,11-13H,4,6,8-10,17H2,1-2H3;1H. The number of rotatable bonds is 2. The molecule has 1 atom stereocenters. The summed E-state index contributed by atoms with van der Waals surface area (Å²) in [6.07, 6.45) is 3.46. The second-order valence-electron chi connectivity index (χ2n) is 5.85. The minimum atomic E-state index is 0. The zero-order valence-corrected chi connectivity index (χ0v) is 13.2. The first kappa shape index (κ1) is 16.8. The Kier molecular flexibility index (Phi) is 6.34. The van der Waals surface area contributed by atoms with Gasteiger partial charge in [-0.3, -0.25) is 4.79 Å². The summed E-state index contributed by atoms with van der Waals surface area (Å²) in [5.74, 6) is 1.58. The number of nitrogen functional groups attached to an aromatic ring is 1. The molecule has 1 fully saturated rings. The molecule has 112 valence electrons. The zero-order valence-electron chi connectivity index (χ0n) is 12.3. The first-order chi connectivity index (χ1) is 9.08. The molecule has 0 radical (unpaired) electrons. The third-order valence-electron chi connectivity index (χ3n) is 4.14. The molecule has 0 saturated carbocycles. The van der Waals surface area contributed by atoms with Gasteiger partial charge in [-0.05, 0) is 49.3 Å². The van der Waals surface area contributed by atoms with Crippen molar-refractivity contribution in [1.29, 1.82) is 0 Å². The van der Waals surface area contributed by atoms with E-state index in [1.807, 2.05) is 23.1 Å². The van der Waals surface area contributed by atoms with E-state index >= 15 is 0 Å². The Morgan fingerprint density at radius 2 is 2.05 bits per heavy atom. The van der Waals surface area contributed by atoms with Gasteiger partial charge in [0.05, 0.1) is 0 Å². The summed E-state index contributed by atoms with van der Waals surface area (Å²) in [6.45, 7) is 6.30. The Balaban J connectivity index is 0.00000200. The Hall–Kier alpha value is -1.22. The number of likely N-dealkylation sites (tertiary alicyclic amines) is 1. The first-order valence-electron chi connectivity index (χ1n) is 7.22. The lowest BCUT2D eigenvalue weighted by Gasteiger charge is -2.21. The van der Waals surface area contributed by atoms with Crippen molar-refractivity contribution in [2.24, 2.45) is 11.8 Å². The number of carbonyl (C=O) groups excluding carboxylic acids is 1. The van der Waals surface area contributed by atoms with Crippen molar-refractivity contribution in [2.45, 2.75) is 33.1 Å². The summed E-state index contributed by atoms with van der Waals surface area (Å²) >= 11 is 0. The third kappa shape index (κ3) is 4.14. The van der Waals surface area contributed by atoms with Crippen molar-refractivity contribution in [2.75, 3.05) is 18.8 Å². The van der Waals surface area contributed by atoms with Crippen molar-refractivity contribution >= 4 is 24.0 Å². The van der Waals surface area contributed by atoms with Crippen molar-refractivity contribution in [1.82, 2.24) is 4.90 Å². The molecule has 1 aromatic carbocycles. The second kappa shape index (κ2) is 7.53. The largest absolute Gasteiger partial charge is 0.399 e. The Bertz CT molecular complexity index is 448. The average Bonchev–Trinajstić information content (AvgIpc) is 2.63. The highest BCUT2D eigenvalue weighted by atomic mass is 35.5. The minimum absolute atomic E-state index is 0. The van der Waals surface area contributed by atoms with Crippen LogP contribution in [0.2, 0.25) is 0 Å². The number of nitrogens with zero attached hydrogens (tertiary/aromatic N) is 1. The molecular formula is C16H25ClN2O. The van der Waals surface area contributed by atoms with Gasteiger partial charge in [0, 0.05) is 24.3 Å². The second-order valence-corrected chi connectivity index (χ2v) is 5.85. The van der Waals surface area contributed by atoms with Crippen LogP contribution in [0.3, 0.4) is 0 Å². The highest BCUT2D eigenvalue weighted by Crippen LogP contribution is 2.25. The molecular weight excluding hydrogens is 272 g/mol. The number of anilines is 1. The minimum Gasteiger partial charge on any atom is -0.399 e. The molecule has 1 aliphatic heterocycles. The third-order valence-corrected chi connectivity index (χ3v) is 4.14. The molecule has 1 aromatic rings. The van der Waals surface area contributed by atoms with Crippen LogP contribution in [0.25, 0.3) is 0 Å². The highest BCUT2D eigenvalue weighted by Gasteiger charge is 2.23. The van der Waals surface area contributed by atoms with E-state index in [1.54, 1.807) is 6.07 Å². The fourth-order valence-corrected chi connectivity index (χ4v) is 2.85. The van der Waals surface area contributed by atoms with E-state index in [0.29, 0.717) is 17.2 Å². The molecule has 1 aliphatic rings. The average molecular weight is 297 g/mol. The molecule has 0 aromatic heterocycles. The van der Waals surface area contributed by atoms with Crippen molar-refractivity contribution in [3.63, 3.8) is 0 Å². The molecule has 1 unspecified atom stereocenters. The van der Waals surface area contributed by atoms with Crippen LogP contribution >= 0.6 is 12.4 Å². The number of carbonyl (C=O) groups is 1. The van der Waals surface area contributed by atoms with Gasteiger partial charge in [0.15, 0.2) is 0 Å². The predicted octanol–water partition coefficient (Wildman–Crippen LogP) is 3.59. The van der Waals surface area contributed by atoms with Crippen molar-refractivity contribution in [3.8, 4) is 0 Å². The summed E-state index contributed by atoms with van der Waals surface area (Å²) < 4.78 is 0. The number of halogens is 1. The van der Waals surface area contributed by atoms with Gasteiger partial charge in [-0.15, -0.1) is 12.4 Å².